The maximum Gasteiger partial charge on any atom is 0.238 e. The van der Waals surface area contributed by atoms with Crippen LogP contribution < -0.4 is 5.32 Å². The van der Waals surface area contributed by atoms with E-state index in [0.717, 1.165) is 37.2 Å². The van der Waals surface area contributed by atoms with Gasteiger partial charge in [0.05, 0.1) is 6.54 Å². The number of rotatable bonds is 7. The average Bonchev–Trinajstić information content (AvgIpc) is 2.40. The quantitative estimate of drug-likeness (QED) is 0.817. The Morgan fingerprint density at radius 3 is 2.63 bits per heavy atom. The fourth-order valence-electron chi connectivity index (χ4n) is 2.01. The maximum atomic E-state index is 12.1. The standard InChI is InChI=1S/C16H26N2O/c1-5-7-11-18(6-2)12-16(19)17-15-10-8-9-13(3)14(15)4/h8-10H,5-7,11-12H2,1-4H3,(H,17,19). The first-order valence-electron chi connectivity index (χ1n) is 7.16. The summed E-state index contributed by atoms with van der Waals surface area (Å²) in [6.45, 7) is 10.8. The van der Waals surface area contributed by atoms with Crippen LogP contribution in [0.25, 0.3) is 0 Å². The van der Waals surface area contributed by atoms with Crippen LogP contribution in [0.5, 0.6) is 0 Å². The predicted molar refractivity (Wildman–Crippen MR) is 81.6 cm³/mol. The summed E-state index contributed by atoms with van der Waals surface area (Å²) in [6.07, 6.45) is 2.31. The molecule has 0 fully saturated rings. The van der Waals surface area contributed by atoms with E-state index in [1.165, 1.54) is 5.56 Å². The smallest absolute Gasteiger partial charge is 0.238 e. The van der Waals surface area contributed by atoms with Gasteiger partial charge < -0.3 is 5.32 Å². The Morgan fingerprint density at radius 2 is 2.00 bits per heavy atom. The Balaban J connectivity index is 2.56. The Morgan fingerprint density at radius 1 is 1.26 bits per heavy atom. The van der Waals surface area contributed by atoms with Gasteiger partial charge in [0.15, 0.2) is 0 Å². The first-order valence-corrected chi connectivity index (χ1v) is 7.16. The SMILES string of the molecule is CCCCN(CC)CC(=O)Nc1cccc(C)c1C. The van der Waals surface area contributed by atoms with Crippen molar-refractivity contribution in [2.24, 2.45) is 0 Å². The number of nitrogens with one attached hydrogen (secondary N) is 1. The van der Waals surface area contributed by atoms with E-state index in [0.29, 0.717) is 6.54 Å². The number of likely N-dealkylation sites (N-methyl/N-ethyl adjacent to an activating group) is 1. The zero-order valence-electron chi connectivity index (χ0n) is 12.6. The Kier molecular flexibility index (Phi) is 6.57. The highest BCUT2D eigenvalue weighted by Crippen LogP contribution is 2.17. The molecule has 0 unspecified atom stereocenters. The Bertz CT molecular complexity index is 415. The van der Waals surface area contributed by atoms with Crippen molar-refractivity contribution >= 4 is 11.6 Å². The van der Waals surface area contributed by atoms with E-state index in [4.69, 9.17) is 0 Å². The topological polar surface area (TPSA) is 32.3 Å². The van der Waals surface area contributed by atoms with E-state index in [1.807, 2.05) is 19.1 Å². The Hall–Kier alpha value is -1.35. The predicted octanol–water partition coefficient (Wildman–Crippen LogP) is 3.36. The molecule has 1 N–H and O–H groups in total. The second-order valence-electron chi connectivity index (χ2n) is 5.02. The average molecular weight is 262 g/mol. The van der Waals surface area contributed by atoms with Gasteiger partial charge in [-0.15, -0.1) is 0 Å². The normalized spacial score (nSPS) is 10.8. The number of unbranched alkanes of at least 4 members (excludes halogenated alkanes) is 1. The van der Waals surface area contributed by atoms with Crippen LogP contribution in [-0.2, 0) is 4.79 Å². The van der Waals surface area contributed by atoms with Gasteiger partial charge in [-0.25, -0.2) is 0 Å². The summed E-state index contributed by atoms with van der Waals surface area (Å²) in [4.78, 5) is 14.2. The van der Waals surface area contributed by atoms with Crippen molar-refractivity contribution in [1.82, 2.24) is 4.90 Å². The molecule has 0 aliphatic carbocycles. The van der Waals surface area contributed by atoms with Crippen molar-refractivity contribution in [3.63, 3.8) is 0 Å². The number of carbonyl (C=O) groups is 1. The minimum Gasteiger partial charge on any atom is -0.325 e. The third-order valence-electron chi connectivity index (χ3n) is 3.52. The highest BCUT2D eigenvalue weighted by Gasteiger charge is 2.10. The molecule has 0 spiro atoms. The largest absolute Gasteiger partial charge is 0.325 e. The first-order chi connectivity index (χ1) is 9.08. The highest BCUT2D eigenvalue weighted by molar-refractivity contribution is 5.93. The molecule has 106 valence electrons. The van der Waals surface area contributed by atoms with Gasteiger partial charge in [0.1, 0.15) is 0 Å². The van der Waals surface area contributed by atoms with Crippen molar-refractivity contribution in [2.75, 3.05) is 25.0 Å². The number of aryl methyl sites for hydroxylation is 1. The fourth-order valence-corrected chi connectivity index (χ4v) is 2.01. The summed E-state index contributed by atoms with van der Waals surface area (Å²) in [6, 6.07) is 6.00. The minimum absolute atomic E-state index is 0.0756. The second-order valence-corrected chi connectivity index (χ2v) is 5.02. The lowest BCUT2D eigenvalue weighted by molar-refractivity contribution is -0.117. The molecule has 0 heterocycles. The molecule has 1 aromatic rings. The van der Waals surface area contributed by atoms with Crippen LogP contribution in [-0.4, -0.2) is 30.4 Å². The van der Waals surface area contributed by atoms with Crippen molar-refractivity contribution in [3.05, 3.63) is 29.3 Å². The van der Waals surface area contributed by atoms with Crippen LogP contribution in [0.3, 0.4) is 0 Å². The molecule has 19 heavy (non-hydrogen) atoms. The zero-order valence-corrected chi connectivity index (χ0v) is 12.6. The number of anilines is 1. The molecule has 3 nitrogen and oxygen atoms in total. The van der Waals surface area contributed by atoms with Crippen LogP contribution in [0.4, 0.5) is 5.69 Å². The number of benzene rings is 1. The van der Waals surface area contributed by atoms with Gasteiger partial charge in [-0.1, -0.05) is 32.4 Å². The number of nitrogens with zero attached hydrogens (tertiary/aromatic N) is 1. The number of carbonyl (C=O) groups excluding carboxylic acids is 1. The van der Waals surface area contributed by atoms with E-state index in [-0.39, 0.29) is 5.91 Å². The van der Waals surface area contributed by atoms with Crippen LogP contribution in [0, 0.1) is 13.8 Å². The van der Waals surface area contributed by atoms with Crippen LogP contribution in [0.15, 0.2) is 18.2 Å². The van der Waals surface area contributed by atoms with Gasteiger partial charge in [0.25, 0.3) is 0 Å². The summed E-state index contributed by atoms with van der Waals surface area (Å²) >= 11 is 0. The molecule has 1 rings (SSSR count). The van der Waals surface area contributed by atoms with Crippen molar-refractivity contribution < 1.29 is 4.79 Å². The van der Waals surface area contributed by atoms with Gasteiger partial charge in [0, 0.05) is 5.69 Å². The number of amides is 1. The summed E-state index contributed by atoms with van der Waals surface area (Å²) in [5, 5.41) is 3.01. The van der Waals surface area contributed by atoms with E-state index in [9.17, 15) is 4.79 Å². The van der Waals surface area contributed by atoms with Crippen LogP contribution in [0.2, 0.25) is 0 Å². The monoisotopic (exact) mass is 262 g/mol. The van der Waals surface area contributed by atoms with E-state index in [1.54, 1.807) is 0 Å². The van der Waals surface area contributed by atoms with Crippen LogP contribution >= 0.6 is 0 Å². The molecule has 1 amide bonds. The fraction of sp³-hybridized carbons (Fsp3) is 0.562. The molecular formula is C16H26N2O. The summed E-state index contributed by atoms with van der Waals surface area (Å²) in [5.74, 6) is 0.0756. The molecule has 0 saturated heterocycles. The van der Waals surface area contributed by atoms with Crippen LogP contribution in [0.1, 0.15) is 37.8 Å². The Labute approximate surface area is 117 Å². The second kappa shape index (κ2) is 7.95. The molecule has 0 radical (unpaired) electrons. The maximum absolute atomic E-state index is 12.1. The molecule has 0 aromatic heterocycles. The van der Waals surface area contributed by atoms with E-state index in [2.05, 4.69) is 37.1 Å². The summed E-state index contributed by atoms with van der Waals surface area (Å²) < 4.78 is 0. The third-order valence-corrected chi connectivity index (χ3v) is 3.52. The minimum atomic E-state index is 0.0756. The lowest BCUT2D eigenvalue weighted by atomic mass is 10.1. The summed E-state index contributed by atoms with van der Waals surface area (Å²) in [5.41, 5.74) is 3.28. The first kappa shape index (κ1) is 15.7. The van der Waals surface area contributed by atoms with Crippen molar-refractivity contribution in [1.29, 1.82) is 0 Å². The molecule has 3 heteroatoms. The molecular weight excluding hydrogens is 236 g/mol. The van der Waals surface area contributed by atoms with E-state index >= 15 is 0 Å². The molecule has 0 atom stereocenters. The molecule has 1 aromatic carbocycles. The van der Waals surface area contributed by atoms with Gasteiger partial charge in [-0.05, 0) is 50.6 Å². The van der Waals surface area contributed by atoms with Crippen molar-refractivity contribution in [2.45, 2.75) is 40.5 Å². The molecule has 0 saturated carbocycles. The molecule has 0 aliphatic heterocycles. The van der Waals surface area contributed by atoms with Gasteiger partial charge in [-0.3, -0.25) is 9.69 Å². The highest BCUT2D eigenvalue weighted by atomic mass is 16.2. The molecule has 0 aliphatic rings. The van der Waals surface area contributed by atoms with Gasteiger partial charge in [-0.2, -0.15) is 0 Å². The zero-order chi connectivity index (χ0) is 14.3. The van der Waals surface area contributed by atoms with Gasteiger partial charge >= 0.3 is 0 Å². The number of hydrogen-bond acceptors (Lipinski definition) is 2. The summed E-state index contributed by atoms with van der Waals surface area (Å²) in [7, 11) is 0. The number of hydrogen-bond donors (Lipinski definition) is 1. The van der Waals surface area contributed by atoms with Crippen molar-refractivity contribution in [3.8, 4) is 0 Å². The lowest BCUT2D eigenvalue weighted by Crippen LogP contribution is -2.34. The lowest BCUT2D eigenvalue weighted by Gasteiger charge is -2.20. The molecule has 0 bridgehead atoms. The van der Waals surface area contributed by atoms with Gasteiger partial charge in [0.2, 0.25) is 5.91 Å². The van der Waals surface area contributed by atoms with E-state index < -0.39 is 0 Å². The third kappa shape index (κ3) is 5.03.